The number of carboxylic acids is 1. The van der Waals surface area contributed by atoms with E-state index < -0.39 is 47.0 Å². The Bertz CT molecular complexity index is 1010. The van der Waals surface area contributed by atoms with Gasteiger partial charge in [0, 0.05) is 13.1 Å². The molecular formula is C29H40N2O6. The number of aliphatic carboxylic acids is 1. The molecule has 1 aromatic carbocycles. The highest BCUT2D eigenvalue weighted by molar-refractivity contribution is 5.98. The molecular weight excluding hydrogens is 472 g/mol. The van der Waals surface area contributed by atoms with E-state index in [9.17, 15) is 24.6 Å². The molecule has 8 heteroatoms. The number of nitrogens with zero attached hydrogens (tertiary/aromatic N) is 2. The van der Waals surface area contributed by atoms with Crippen LogP contribution in [0.2, 0.25) is 0 Å². The van der Waals surface area contributed by atoms with Gasteiger partial charge in [-0.15, -0.1) is 6.58 Å². The van der Waals surface area contributed by atoms with Crippen molar-refractivity contribution in [3.05, 3.63) is 48.6 Å². The summed E-state index contributed by atoms with van der Waals surface area (Å²) >= 11 is 0. The number of carbonyl (C=O) groups is 3. The average Bonchev–Trinajstić information content (AvgIpc) is 3.51. The van der Waals surface area contributed by atoms with Crippen molar-refractivity contribution in [1.82, 2.24) is 9.80 Å². The summed E-state index contributed by atoms with van der Waals surface area (Å²) in [5.41, 5.74) is -1.26. The van der Waals surface area contributed by atoms with E-state index in [1.165, 1.54) is 4.90 Å². The van der Waals surface area contributed by atoms with Crippen molar-refractivity contribution >= 4 is 17.8 Å². The van der Waals surface area contributed by atoms with Gasteiger partial charge < -0.3 is 24.7 Å². The van der Waals surface area contributed by atoms with Crippen LogP contribution in [0.25, 0.3) is 0 Å². The van der Waals surface area contributed by atoms with E-state index in [-0.39, 0.29) is 12.5 Å². The second-order valence-corrected chi connectivity index (χ2v) is 10.7. The Labute approximate surface area is 219 Å². The molecule has 2 unspecified atom stereocenters. The van der Waals surface area contributed by atoms with Gasteiger partial charge in [-0.25, -0.2) is 0 Å². The smallest absolute Gasteiger partial charge is 0.310 e. The highest BCUT2D eigenvalue weighted by atomic mass is 16.5. The van der Waals surface area contributed by atoms with E-state index in [0.29, 0.717) is 38.8 Å². The standard InChI is InChI=1S/C29H40N2O6/c1-4-7-11-17-30(16-5-2)26(34)24-29-15-14-28(6-3,37-29)23(27(35)36)22(29)25(33)31(24)21(19-32)18-20-12-9-8-10-13-20/h5,8-10,12-13,21-24,32H,2,4,6-7,11,14-19H2,1,3H3,(H,35,36)/t21-,22+,23-,24?,28+,29?/m1/s1. The number of aliphatic hydroxyl groups excluding tert-OH is 1. The molecule has 0 aliphatic carbocycles. The zero-order chi connectivity index (χ0) is 26.8. The summed E-state index contributed by atoms with van der Waals surface area (Å²) in [4.78, 5) is 44.3. The summed E-state index contributed by atoms with van der Waals surface area (Å²) in [7, 11) is 0. The molecule has 1 aromatic rings. The normalized spacial score (nSPS) is 30.8. The number of rotatable bonds is 13. The number of carboxylic acid groups (broad SMARTS) is 1. The lowest BCUT2D eigenvalue weighted by Gasteiger charge is -2.39. The molecule has 2 N–H and O–H groups in total. The van der Waals surface area contributed by atoms with Crippen molar-refractivity contribution in [1.29, 1.82) is 0 Å². The van der Waals surface area contributed by atoms with Gasteiger partial charge in [-0.2, -0.15) is 0 Å². The topological polar surface area (TPSA) is 107 Å². The largest absolute Gasteiger partial charge is 0.481 e. The van der Waals surface area contributed by atoms with Crippen LogP contribution in [0, 0.1) is 11.8 Å². The maximum Gasteiger partial charge on any atom is 0.310 e. The van der Waals surface area contributed by atoms with Crippen molar-refractivity contribution in [2.24, 2.45) is 11.8 Å². The predicted octanol–water partition coefficient (Wildman–Crippen LogP) is 3.03. The highest BCUT2D eigenvalue weighted by Crippen LogP contribution is 2.64. The summed E-state index contributed by atoms with van der Waals surface area (Å²) in [6.07, 6.45) is 6.19. The van der Waals surface area contributed by atoms with Crippen LogP contribution in [0.3, 0.4) is 0 Å². The minimum absolute atomic E-state index is 0.253. The second-order valence-electron chi connectivity index (χ2n) is 10.7. The average molecular weight is 513 g/mol. The van der Waals surface area contributed by atoms with E-state index in [4.69, 9.17) is 4.74 Å². The first kappa shape index (κ1) is 27.3. The van der Waals surface area contributed by atoms with Gasteiger partial charge in [0.2, 0.25) is 11.8 Å². The predicted molar refractivity (Wildman–Crippen MR) is 139 cm³/mol. The van der Waals surface area contributed by atoms with Crippen LogP contribution in [-0.2, 0) is 25.5 Å². The van der Waals surface area contributed by atoms with Crippen molar-refractivity contribution in [3.63, 3.8) is 0 Å². The Kier molecular flexibility index (Phi) is 8.09. The Morgan fingerprint density at radius 2 is 1.97 bits per heavy atom. The van der Waals surface area contributed by atoms with Gasteiger partial charge in [-0.05, 0) is 37.7 Å². The fourth-order valence-electron chi connectivity index (χ4n) is 7.01. The molecule has 2 bridgehead atoms. The minimum Gasteiger partial charge on any atom is -0.481 e. The van der Waals surface area contributed by atoms with Crippen LogP contribution >= 0.6 is 0 Å². The number of amides is 2. The maximum atomic E-state index is 14.3. The lowest BCUT2D eigenvalue weighted by molar-refractivity contribution is -0.160. The number of hydrogen-bond acceptors (Lipinski definition) is 5. The number of likely N-dealkylation sites (tertiary alicyclic amines) is 1. The molecule has 3 saturated heterocycles. The maximum absolute atomic E-state index is 14.3. The van der Waals surface area contributed by atoms with E-state index >= 15 is 0 Å². The quantitative estimate of drug-likeness (QED) is 0.311. The van der Waals surface area contributed by atoms with Crippen LogP contribution in [0.1, 0.15) is 57.9 Å². The number of fused-ring (bicyclic) bond motifs is 1. The Morgan fingerprint density at radius 3 is 2.57 bits per heavy atom. The molecule has 37 heavy (non-hydrogen) atoms. The van der Waals surface area contributed by atoms with Crippen LogP contribution in [0.5, 0.6) is 0 Å². The summed E-state index contributed by atoms with van der Waals surface area (Å²) in [5, 5.41) is 20.8. The second kappa shape index (κ2) is 11.0. The Morgan fingerprint density at radius 1 is 1.24 bits per heavy atom. The van der Waals surface area contributed by atoms with E-state index in [1.54, 1.807) is 11.0 Å². The fourth-order valence-corrected chi connectivity index (χ4v) is 7.01. The van der Waals surface area contributed by atoms with Crippen LogP contribution in [-0.4, -0.2) is 80.8 Å². The number of unbranched alkanes of at least 4 members (excludes halogenated alkanes) is 2. The van der Waals surface area contributed by atoms with Gasteiger partial charge in [0.1, 0.15) is 17.6 Å². The summed E-state index contributed by atoms with van der Waals surface area (Å²) in [6.45, 7) is 8.30. The zero-order valence-electron chi connectivity index (χ0n) is 22.0. The number of benzene rings is 1. The van der Waals surface area contributed by atoms with Crippen molar-refractivity contribution in [3.8, 4) is 0 Å². The third-order valence-electron chi connectivity index (χ3n) is 8.73. The van der Waals surface area contributed by atoms with Crippen LogP contribution in [0.4, 0.5) is 0 Å². The zero-order valence-corrected chi connectivity index (χ0v) is 22.0. The van der Waals surface area contributed by atoms with Crippen LogP contribution < -0.4 is 0 Å². The molecule has 202 valence electrons. The first-order chi connectivity index (χ1) is 17.8. The van der Waals surface area contributed by atoms with Gasteiger partial charge in [-0.3, -0.25) is 14.4 Å². The molecule has 1 spiro atoms. The first-order valence-corrected chi connectivity index (χ1v) is 13.6. The molecule has 3 aliphatic heterocycles. The van der Waals surface area contributed by atoms with Gasteiger partial charge in [0.25, 0.3) is 0 Å². The summed E-state index contributed by atoms with van der Waals surface area (Å²) in [5.74, 6) is -3.70. The summed E-state index contributed by atoms with van der Waals surface area (Å²) in [6, 6.07) is 7.84. The number of hydrogen-bond donors (Lipinski definition) is 2. The lowest BCUT2D eigenvalue weighted by atomic mass is 9.65. The van der Waals surface area contributed by atoms with Gasteiger partial charge >= 0.3 is 5.97 Å². The third kappa shape index (κ3) is 4.48. The molecule has 2 amide bonds. The molecule has 0 aromatic heterocycles. The van der Waals surface area contributed by atoms with Gasteiger partial charge in [0.15, 0.2) is 0 Å². The molecule has 3 fully saturated rings. The number of aliphatic hydroxyl groups is 1. The molecule has 4 rings (SSSR count). The van der Waals surface area contributed by atoms with Crippen molar-refractivity contribution in [2.75, 3.05) is 19.7 Å². The van der Waals surface area contributed by atoms with Gasteiger partial charge in [0.05, 0.1) is 24.2 Å². The third-order valence-corrected chi connectivity index (χ3v) is 8.73. The number of ether oxygens (including phenoxy) is 1. The SMILES string of the molecule is C=CCN(CCCCC)C(=O)C1N([C@@H](CO)Cc2ccccc2)C(=O)[C@@H]2[C@H](C(=O)O)[C@]3(CC)CCC12O3. The molecule has 6 atom stereocenters. The number of carbonyl (C=O) groups excluding carboxylic acids is 2. The minimum atomic E-state index is -1.22. The molecule has 0 saturated carbocycles. The monoisotopic (exact) mass is 512 g/mol. The Balaban J connectivity index is 1.79. The molecule has 3 heterocycles. The highest BCUT2D eigenvalue weighted by Gasteiger charge is 2.79. The van der Waals surface area contributed by atoms with Crippen molar-refractivity contribution < 1.29 is 29.3 Å². The molecule has 0 radical (unpaired) electrons. The van der Waals surface area contributed by atoms with Crippen LogP contribution in [0.15, 0.2) is 43.0 Å². The van der Waals surface area contributed by atoms with E-state index in [1.807, 2.05) is 37.3 Å². The molecule has 3 aliphatic rings. The van der Waals surface area contributed by atoms with Gasteiger partial charge in [-0.1, -0.05) is 63.1 Å². The van der Waals surface area contributed by atoms with Crippen molar-refractivity contribution in [2.45, 2.75) is 82.1 Å². The first-order valence-electron chi connectivity index (χ1n) is 13.6. The fraction of sp³-hybridized carbons (Fsp3) is 0.621. The molecule has 8 nitrogen and oxygen atoms in total. The lowest BCUT2D eigenvalue weighted by Crippen LogP contribution is -2.59. The van der Waals surface area contributed by atoms with E-state index in [0.717, 1.165) is 24.8 Å². The Hall–Kier alpha value is -2.71. The summed E-state index contributed by atoms with van der Waals surface area (Å²) < 4.78 is 6.63. The van der Waals surface area contributed by atoms with E-state index in [2.05, 4.69) is 13.5 Å².